The zero-order valence-electron chi connectivity index (χ0n) is 17.5. The summed E-state index contributed by atoms with van der Waals surface area (Å²) < 4.78 is 28.9. The van der Waals surface area contributed by atoms with E-state index in [1.165, 1.54) is 5.56 Å². The number of nitrogens with two attached hydrogens (primary N) is 1. The molecule has 0 radical (unpaired) electrons. The highest BCUT2D eigenvalue weighted by Gasteiger charge is 2.62. The molecular formula is C22H22N6O4S. The van der Waals surface area contributed by atoms with E-state index in [0.29, 0.717) is 6.42 Å². The van der Waals surface area contributed by atoms with Crippen LogP contribution in [0.2, 0.25) is 0 Å². The van der Waals surface area contributed by atoms with Crippen LogP contribution < -0.4 is 5.14 Å². The van der Waals surface area contributed by atoms with Crippen LogP contribution in [0.15, 0.2) is 30.2 Å². The first kappa shape index (κ1) is 20.6. The van der Waals surface area contributed by atoms with Crippen LogP contribution >= 0.6 is 0 Å². The second kappa shape index (κ2) is 7.23. The van der Waals surface area contributed by atoms with Crippen molar-refractivity contribution >= 4 is 27.4 Å². The Hall–Kier alpha value is -3.04. The Morgan fingerprint density at radius 1 is 1.36 bits per heavy atom. The number of aliphatic hydroxyl groups is 1. The van der Waals surface area contributed by atoms with Gasteiger partial charge in [-0.05, 0) is 49.0 Å². The summed E-state index contributed by atoms with van der Waals surface area (Å²) in [5.74, 6) is 0.00838. The lowest BCUT2D eigenvalue weighted by Gasteiger charge is -2.20. The zero-order valence-corrected chi connectivity index (χ0v) is 18.4. The lowest BCUT2D eigenvalue weighted by atomic mass is 9.98. The molecule has 0 saturated heterocycles. The molecule has 3 aromatic heterocycles. The number of fused-ring (bicyclic) bond motifs is 3. The maximum Gasteiger partial charge on any atom is 0.333 e. The van der Waals surface area contributed by atoms with Crippen molar-refractivity contribution in [2.24, 2.45) is 22.9 Å². The Balaban J connectivity index is 1.27. The van der Waals surface area contributed by atoms with Crippen molar-refractivity contribution in [1.82, 2.24) is 19.5 Å². The molecule has 3 aromatic rings. The number of aliphatic hydroxyl groups excluding tert-OH is 1. The molecule has 3 heterocycles. The molecule has 10 nitrogen and oxygen atoms in total. The predicted octanol–water partition coefficient (Wildman–Crippen LogP) is 1.67. The van der Waals surface area contributed by atoms with Gasteiger partial charge in [0.05, 0.1) is 30.2 Å². The first-order chi connectivity index (χ1) is 15.8. The molecule has 5 unspecified atom stereocenters. The average molecular weight is 467 g/mol. The van der Waals surface area contributed by atoms with Gasteiger partial charge < -0.3 is 14.7 Å². The minimum atomic E-state index is -4.02. The largest absolute Gasteiger partial charge is 0.392 e. The van der Waals surface area contributed by atoms with Gasteiger partial charge in [-0.15, -0.1) is 0 Å². The monoisotopic (exact) mass is 466 g/mol. The number of hydrogen-bond acceptors (Lipinski definition) is 7. The lowest BCUT2D eigenvalue weighted by molar-refractivity contribution is 0.0725. The van der Waals surface area contributed by atoms with Crippen LogP contribution in [-0.2, 0) is 20.9 Å². The third-order valence-corrected chi connectivity index (χ3v) is 7.70. The first-order valence-corrected chi connectivity index (χ1v) is 12.3. The Morgan fingerprint density at radius 3 is 2.94 bits per heavy atom. The minimum Gasteiger partial charge on any atom is -0.392 e. The molecule has 5 atom stereocenters. The van der Waals surface area contributed by atoms with Crippen LogP contribution in [0.4, 0.5) is 0 Å². The highest BCUT2D eigenvalue weighted by molar-refractivity contribution is 7.84. The SMILES string of the molecule is N#CC1=Cc2[nH]c(-c3ncnc4c3ccn4C3C4CC(COS(N)(=O)=O)C(O)C43)cc2CC1. The molecule has 0 amide bonds. The number of nitriles is 1. The van der Waals surface area contributed by atoms with E-state index in [0.717, 1.165) is 46.5 Å². The number of aryl methyl sites for hydroxylation is 1. The van der Waals surface area contributed by atoms with Crippen molar-refractivity contribution in [2.45, 2.75) is 31.4 Å². The second-order valence-corrected chi connectivity index (χ2v) is 10.3. The van der Waals surface area contributed by atoms with Gasteiger partial charge in [-0.2, -0.15) is 13.7 Å². The van der Waals surface area contributed by atoms with Crippen LogP contribution in [0.1, 0.15) is 30.1 Å². The maximum atomic E-state index is 11.1. The van der Waals surface area contributed by atoms with Gasteiger partial charge in [-0.1, -0.05) is 0 Å². The third-order valence-electron chi connectivity index (χ3n) is 7.23. The van der Waals surface area contributed by atoms with Crippen molar-refractivity contribution in [3.63, 3.8) is 0 Å². The quantitative estimate of drug-likeness (QED) is 0.515. The number of aromatic nitrogens is 4. The highest BCUT2D eigenvalue weighted by Crippen LogP contribution is 2.63. The summed E-state index contributed by atoms with van der Waals surface area (Å²) in [5.41, 5.74) is 5.36. The molecule has 170 valence electrons. The van der Waals surface area contributed by atoms with Crippen LogP contribution in [0.3, 0.4) is 0 Å². The molecule has 6 rings (SSSR count). The molecule has 3 aliphatic carbocycles. The fraction of sp³-hybridized carbons (Fsp3) is 0.409. The second-order valence-electron chi connectivity index (χ2n) is 9.08. The summed E-state index contributed by atoms with van der Waals surface area (Å²) in [5, 5.41) is 25.7. The van der Waals surface area contributed by atoms with E-state index in [4.69, 9.17) is 9.32 Å². The smallest absolute Gasteiger partial charge is 0.333 e. The molecule has 0 bridgehead atoms. The van der Waals surface area contributed by atoms with E-state index in [-0.39, 0.29) is 30.4 Å². The molecule has 2 saturated carbocycles. The van der Waals surface area contributed by atoms with Crippen molar-refractivity contribution < 1.29 is 17.7 Å². The number of aromatic amines is 1. The summed E-state index contributed by atoms with van der Waals surface area (Å²) in [7, 11) is -4.02. The molecule has 0 aliphatic heterocycles. The van der Waals surface area contributed by atoms with E-state index in [9.17, 15) is 18.8 Å². The third kappa shape index (κ3) is 3.38. The van der Waals surface area contributed by atoms with Crippen LogP contribution in [0.25, 0.3) is 28.5 Å². The molecular weight excluding hydrogens is 444 g/mol. The number of H-pyrrole nitrogens is 1. The fourth-order valence-corrected chi connectivity index (χ4v) is 6.05. The number of allylic oxidation sites excluding steroid dienone is 1. The Morgan fingerprint density at radius 2 is 2.21 bits per heavy atom. The average Bonchev–Trinajstić information content (AvgIpc) is 3.12. The van der Waals surface area contributed by atoms with Gasteiger partial charge in [-0.25, -0.2) is 15.1 Å². The summed E-state index contributed by atoms with van der Waals surface area (Å²) >= 11 is 0. The van der Waals surface area contributed by atoms with Crippen molar-refractivity contribution in [3.8, 4) is 17.5 Å². The molecule has 2 fully saturated rings. The van der Waals surface area contributed by atoms with Gasteiger partial charge in [0.1, 0.15) is 12.0 Å². The lowest BCUT2D eigenvalue weighted by Crippen LogP contribution is -2.28. The van der Waals surface area contributed by atoms with Gasteiger partial charge in [0.25, 0.3) is 0 Å². The predicted molar refractivity (Wildman–Crippen MR) is 118 cm³/mol. The molecule has 0 aromatic carbocycles. The number of nitrogens with one attached hydrogen (secondary N) is 1. The van der Waals surface area contributed by atoms with Gasteiger partial charge in [0.15, 0.2) is 0 Å². The van der Waals surface area contributed by atoms with Crippen LogP contribution in [0.5, 0.6) is 0 Å². The van der Waals surface area contributed by atoms with Crippen LogP contribution in [-0.4, -0.2) is 45.8 Å². The number of nitrogens with zero attached hydrogens (tertiary/aromatic N) is 4. The normalized spacial score (nSPS) is 28.3. The summed E-state index contributed by atoms with van der Waals surface area (Å²) in [4.78, 5) is 12.4. The molecule has 3 aliphatic rings. The molecule has 4 N–H and O–H groups in total. The summed E-state index contributed by atoms with van der Waals surface area (Å²) in [6.07, 6.45) is 6.99. The van der Waals surface area contributed by atoms with Crippen molar-refractivity contribution in [1.29, 1.82) is 5.26 Å². The fourth-order valence-electron chi connectivity index (χ4n) is 5.68. The Bertz CT molecular complexity index is 1450. The van der Waals surface area contributed by atoms with Crippen LogP contribution in [0, 0.1) is 29.1 Å². The Labute approximate surface area is 190 Å². The van der Waals surface area contributed by atoms with Gasteiger partial charge in [0.2, 0.25) is 0 Å². The van der Waals surface area contributed by atoms with Crippen molar-refractivity contribution in [2.75, 3.05) is 6.61 Å². The number of hydrogen-bond donors (Lipinski definition) is 3. The van der Waals surface area contributed by atoms with E-state index in [2.05, 4.69) is 31.7 Å². The van der Waals surface area contributed by atoms with Crippen molar-refractivity contribution in [3.05, 3.63) is 41.5 Å². The van der Waals surface area contributed by atoms with E-state index >= 15 is 0 Å². The standard InChI is InChI=1S/C22H22N6O4S/c23-8-11-1-2-12-7-17(27-16(12)5-11)19-14-3-4-28(22(14)26-10-25-19)20-15-6-13(21(29)18(15)20)9-32-33(24,30)31/h3-5,7,10,13,15,18,20-21,27,29H,1-2,6,9H2,(H2,24,30,31). The summed E-state index contributed by atoms with van der Waals surface area (Å²) in [6.45, 7) is -0.0993. The first-order valence-electron chi connectivity index (χ1n) is 10.8. The molecule has 11 heteroatoms. The highest BCUT2D eigenvalue weighted by atomic mass is 32.2. The minimum absolute atomic E-state index is 0.0282. The zero-order chi connectivity index (χ0) is 22.9. The van der Waals surface area contributed by atoms with Gasteiger partial charge >= 0.3 is 10.3 Å². The maximum absolute atomic E-state index is 11.1. The molecule has 0 spiro atoms. The van der Waals surface area contributed by atoms with E-state index < -0.39 is 16.4 Å². The van der Waals surface area contributed by atoms with Gasteiger partial charge in [0, 0.05) is 40.7 Å². The van der Waals surface area contributed by atoms with Gasteiger partial charge in [-0.3, -0.25) is 4.18 Å². The molecule has 33 heavy (non-hydrogen) atoms. The Kier molecular flexibility index (Phi) is 4.50. The topological polar surface area (TPSA) is 160 Å². The number of rotatable bonds is 5. The summed E-state index contributed by atoms with van der Waals surface area (Å²) in [6, 6.07) is 6.41. The van der Waals surface area contributed by atoms with E-state index in [1.807, 2.05) is 18.3 Å². The van der Waals surface area contributed by atoms with E-state index in [1.54, 1.807) is 6.33 Å².